The third-order valence-electron chi connectivity index (χ3n) is 5.64. The number of ether oxygens (including phenoxy) is 1. The number of nitrogens with one attached hydrogen (secondary N) is 1. The SMILES string of the molecule is CC(=O)Oc1ccc(C(=O)Nc2cccc(-n3c(=O)c(Cc4ccccc4)nc4cccnc43)c2)cc1. The highest BCUT2D eigenvalue weighted by Crippen LogP contribution is 2.20. The Morgan fingerprint density at radius 1 is 0.919 bits per heavy atom. The van der Waals surface area contributed by atoms with Gasteiger partial charge in [0, 0.05) is 30.8 Å². The van der Waals surface area contributed by atoms with Crippen molar-refractivity contribution in [2.45, 2.75) is 13.3 Å². The molecule has 5 aromatic rings. The molecule has 3 aromatic carbocycles. The second-order valence-electron chi connectivity index (χ2n) is 8.33. The van der Waals surface area contributed by atoms with Gasteiger partial charge in [0.15, 0.2) is 5.65 Å². The van der Waals surface area contributed by atoms with Gasteiger partial charge < -0.3 is 10.1 Å². The Morgan fingerprint density at radius 2 is 1.70 bits per heavy atom. The molecule has 37 heavy (non-hydrogen) atoms. The van der Waals surface area contributed by atoms with Crippen LogP contribution in [-0.2, 0) is 11.2 Å². The predicted octanol–water partition coefficient (Wildman–Crippen LogP) is 4.55. The van der Waals surface area contributed by atoms with Crippen molar-refractivity contribution in [3.05, 3.63) is 124 Å². The second-order valence-corrected chi connectivity index (χ2v) is 8.33. The molecule has 0 atom stereocenters. The fourth-order valence-electron chi connectivity index (χ4n) is 3.98. The molecule has 0 bridgehead atoms. The van der Waals surface area contributed by atoms with Gasteiger partial charge in [-0.05, 0) is 60.2 Å². The Hall–Kier alpha value is -5.11. The highest BCUT2D eigenvalue weighted by molar-refractivity contribution is 6.04. The fraction of sp³-hybridized carbons (Fsp3) is 0.0690. The van der Waals surface area contributed by atoms with Gasteiger partial charge in [-0.15, -0.1) is 0 Å². The predicted molar refractivity (Wildman–Crippen MR) is 140 cm³/mol. The Kier molecular flexibility index (Phi) is 6.54. The van der Waals surface area contributed by atoms with Gasteiger partial charge in [0.2, 0.25) is 0 Å². The first-order valence-corrected chi connectivity index (χ1v) is 11.6. The van der Waals surface area contributed by atoms with Crippen molar-refractivity contribution >= 4 is 28.7 Å². The van der Waals surface area contributed by atoms with E-state index in [1.54, 1.807) is 60.8 Å². The zero-order chi connectivity index (χ0) is 25.8. The first kappa shape index (κ1) is 23.6. The Morgan fingerprint density at radius 3 is 2.46 bits per heavy atom. The summed E-state index contributed by atoms with van der Waals surface area (Å²) in [5.74, 6) is -0.426. The van der Waals surface area contributed by atoms with Crippen molar-refractivity contribution in [1.82, 2.24) is 14.5 Å². The van der Waals surface area contributed by atoms with Crippen LogP contribution in [0.2, 0.25) is 0 Å². The summed E-state index contributed by atoms with van der Waals surface area (Å²) in [5, 5.41) is 2.85. The molecule has 0 aliphatic heterocycles. The lowest BCUT2D eigenvalue weighted by molar-refractivity contribution is -0.131. The zero-order valence-electron chi connectivity index (χ0n) is 19.9. The molecule has 1 amide bonds. The number of pyridine rings is 1. The standard InChI is InChI=1S/C29H22N4O4/c1-19(34)37-24-14-12-21(13-15-24)28(35)31-22-9-5-10-23(18-22)33-27-25(11-6-16-30-27)32-26(29(33)36)17-20-7-3-2-4-8-20/h2-16,18H,17H2,1H3,(H,31,35). The topological polar surface area (TPSA) is 103 Å². The van der Waals surface area contributed by atoms with Crippen LogP contribution >= 0.6 is 0 Å². The Labute approximate surface area is 212 Å². The number of aromatic nitrogens is 3. The first-order chi connectivity index (χ1) is 18.0. The highest BCUT2D eigenvalue weighted by atomic mass is 16.5. The normalized spacial score (nSPS) is 10.7. The van der Waals surface area contributed by atoms with E-state index in [2.05, 4.69) is 15.3 Å². The van der Waals surface area contributed by atoms with Crippen LogP contribution in [0.1, 0.15) is 28.5 Å². The minimum Gasteiger partial charge on any atom is -0.427 e. The van der Waals surface area contributed by atoms with Gasteiger partial charge in [-0.25, -0.2) is 9.97 Å². The van der Waals surface area contributed by atoms with E-state index in [4.69, 9.17) is 4.74 Å². The van der Waals surface area contributed by atoms with Gasteiger partial charge >= 0.3 is 5.97 Å². The van der Waals surface area contributed by atoms with Gasteiger partial charge in [-0.3, -0.25) is 19.0 Å². The summed E-state index contributed by atoms with van der Waals surface area (Å²) in [6.07, 6.45) is 1.99. The van der Waals surface area contributed by atoms with Crippen LogP contribution in [0.3, 0.4) is 0 Å². The fourth-order valence-corrected chi connectivity index (χ4v) is 3.98. The van der Waals surface area contributed by atoms with E-state index in [9.17, 15) is 14.4 Å². The van der Waals surface area contributed by atoms with Crippen molar-refractivity contribution < 1.29 is 14.3 Å². The van der Waals surface area contributed by atoms with Crippen LogP contribution in [0.15, 0.2) is 102 Å². The number of rotatable bonds is 6. The number of anilines is 1. The highest BCUT2D eigenvalue weighted by Gasteiger charge is 2.15. The summed E-state index contributed by atoms with van der Waals surface area (Å²) in [6.45, 7) is 1.31. The van der Waals surface area contributed by atoms with E-state index in [1.807, 2.05) is 36.4 Å². The molecule has 0 aliphatic carbocycles. The first-order valence-electron chi connectivity index (χ1n) is 11.6. The van der Waals surface area contributed by atoms with E-state index in [0.29, 0.717) is 46.0 Å². The summed E-state index contributed by atoms with van der Waals surface area (Å²) in [5.41, 5.74) is 3.55. The van der Waals surface area contributed by atoms with Gasteiger partial charge in [0.25, 0.3) is 11.5 Å². The van der Waals surface area contributed by atoms with Gasteiger partial charge in [-0.2, -0.15) is 0 Å². The number of amides is 1. The molecule has 8 nitrogen and oxygen atoms in total. The third kappa shape index (κ3) is 5.28. The van der Waals surface area contributed by atoms with Crippen LogP contribution in [0.25, 0.3) is 16.9 Å². The molecule has 1 N–H and O–H groups in total. The molecule has 2 aromatic heterocycles. The van der Waals surface area contributed by atoms with Crippen molar-refractivity contribution in [2.75, 3.05) is 5.32 Å². The number of hydrogen-bond donors (Lipinski definition) is 1. The van der Waals surface area contributed by atoms with Crippen LogP contribution in [0.5, 0.6) is 5.75 Å². The molecular weight excluding hydrogens is 468 g/mol. The van der Waals surface area contributed by atoms with Crippen LogP contribution < -0.4 is 15.6 Å². The smallest absolute Gasteiger partial charge is 0.308 e. The summed E-state index contributed by atoms with van der Waals surface area (Å²) >= 11 is 0. The Balaban J connectivity index is 1.48. The lowest BCUT2D eigenvalue weighted by atomic mass is 10.1. The van der Waals surface area contributed by atoms with Gasteiger partial charge in [0.1, 0.15) is 17.0 Å². The molecule has 0 saturated carbocycles. The lowest BCUT2D eigenvalue weighted by Crippen LogP contribution is -2.25. The number of fused-ring (bicyclic) bond motifs is 1. The van der Waals surface area contributed by atoms with Crippen molar-refractivity contribution in [3.8, 4) is 11.4 Å². The second kappa shape index (κ2) is 10.2. The maximum absolute atomic E-state index is 13.6. The molecule has 0 radical (unpaired) electrons. The van der Waals surface area contributed by atoms with E-state index >= 15 is 0 Å². The van der Waals surface area contributed by atoms with Gasteiger partial charge in [0.05, 0.1) is 5.69 Å². The molecule has 8 heteroatoms. The molecule has 182 valence electrons. The number of carbonyl (C=O) groups excluding carboxylic acids is 2. The molecule has 0 unspecified atom stereocenters. The largest absolute Gasteiger partial charge is 0.427 e. The van der Waals surface area contributed by atoms with E-state index in [-0.39, 0.29) is 11.5 Å². The maximum Gasteiger partial charge on any atom is 0.308 e. The number of nitrogens with zero attached hydrogens (tertiary/aromatic N) is 3. The summed E-state index contributed by atoms with van der Waals surface area (Å²) < 4.78 is 6.53. The van der Waals surface area contributed by atoms with Crippen LogP contribution in [-0.4, -0.2) is 26.4 Å². The molecular formula is C29H22N4O4. The average molecular weight is 491 g/mol. The van der Waals surface area contributed by atoms with E-state index in [0.717, 1.165) is 5.56 Å². The monoisotopic (exact) mass is 490 g/mol. The van der Waals surface area contributed by atoms with Crippen LogP contribution in [0, 0.1) is 0 Å². The van der Waals surface area contributed by atoms with Crippen molar-refractivity contribution in [2.24, 2.45) is 0 Å². The molecule has 5 rings (SSSR count). The minimum atomic E-state index is -0.436. The summed E-state index contributed by atoms with van der Waals surface area (Å²) in [7, 11) is 0. The molecule has 0 fully saturated rings. The Bertz CT molecular complexity index is 1660. The quantitative estimate of drug-likeness (QED) is 0.277. The number of hydrogen-bond acceptors (Lipinski definition) is 6. The minimum absolute atomic E-state index is 0.278. The number of carbonyl (C=O) groups is 2. The van der Waals surface area contributed by atoms with Crippen molar-refractivity contribution in [3.63, 3.8) is 0 Å². The molecule has 0 saturated heterocycles. The van der Waals surface area contributed by atoms with Crippen molar-refractivity contribution in [1.29, 1.82) is 0 Å². The zero-order valence-corrected chi connectivity index (χ0v) is 19.9. The number of esters is 1. The molecule has 0 aliphatic rings. The molecule has 2 heterocycles. The van der Waals surface area contributed by atoms with E-state index in [1.165, 1.54) is 11.5 Å². The average Bonchev–Trinajstić information content (AvgIpc) is 2.90. The summed E-state index contributed by atoms with van der Waals surface area (Å²) in [4.78, 5) is 46.5. The lowest BCUT2D eigenvalue weighted by Gasteiger charge is -2.13. The van der Waals surface area contributed by atoms with Gasteiger partial charge in [-0.1, -0.05) is 36.4 Å². The van der Waals surface area contributed by atoms with Crippen LogP contribution in [0.4, 0.5) is 5.69 Å². The molecule has 0 spiro atoms. The maximum atomic E-state index is 13.6. The summed E-state index contributed by atoms with van der Waals surface area (Å²) in [6, 6.07) is 26.5. The number of benzene rings is 3. The van der Waals surface area contributed by atoms with E-state index < -0.39 is 5.97 Å². The third-order valence-corrected chi connectivity index (χ3v) is 5.64.